The third-order valence-electron chi connectivity index (χ3n) is 5.24. The number of aromatic nitrogens is 3. The van der Waals surface area contributed by atoms with E-state index in [-0.39, 0.29) is 4.90 Å². The molecule has 1 amide bonds. The fourth-order valence-electron chi connectivity index (χ4n) is 3.70. The molecule has 0 bridgehead atoms. The number of fused-ring (bicyclic) bond motifs is 2. The van der Waals surface area contributed by atoms with Crippen molar-refractivity contribution in [3.05, 3.63) is 78.5 Å². The van der Waals surface area contributed by atoms with E-state index in [1.165, 1.54) is 3.97 Å². The van der Waals surface area contributed by atoms with Crippen LogP contribution in [0.1, 0.15) is 5.56 Å². The van der Waals surface area contributed by atoms with E-state index in [1.807, 2.05) is 25.1 Å². The van der Waals surface area contributed by atoms with Crippen LogP contribution < -0.4 is 5.32 Å². The molecule has 0 aliphatic rings. The van der Waals surface area contributed by atoms with Crippen molar-refractivity contribution >= 4 is 44.1 Å². The number of benzene rings is 3. The molecule has 2 aromatic heterocycles. The van der Waals surface area contributed by atoms with E-state index >= 15 is 0 Å². The molecule has 2 heterocycles. The number of rotatable bonds is 5. The zero-order valence-electron chi connectivity index (χ0n) is 16.5. The van der Waals surface area contributed by atoms with Crippen molar-refractivity contribution in [2.24, 2.45) is 0 Å². The van der Waals surface area contributed by atoms with E-state index in [1.54, 1.807) is 54.7 Å². The van der Waals surface area contributed by atoms with Gasteiger partial charge in [0, 0.05) is 17.1 Å². The number of hydrogen-bond donors (Lipinski definition) is 2. The van der Waals surface area contributed by atoms with Crippen LogP contribution in [0.15, 0.2) is 77.8 Å². The van der Waals surface area contributed by atoms with Gasteiger partial charge in [-0.25, -0.2) is 17.4 Å². The summed E-state index contributed by atoms with van der Waals surface area (Å²) in [7, 11) is -3.80. The molecular formula is C23H18N4O3S. The summed E-state index contributed by atoms with van der Waals surface area (Å²) in [5, 5.41) is 3.40. The van der Waals surface area contributed by atoms with Crippen molar-refractivity contribution < 1.29 is 13.2 Å². The average molecular weight is 430 g/mol. The van der Waals surface area contributed by atoms with Gasteiger partial charge in [0.05, 0.1) is 21.6 Å². The van der Waals surface area contributed by atoms with Gasteiger partial charge < -0.3 is 10.3 Å². The lowest BCUT2D eigenvalue weighted by molar-refractivity contribution is -0.105. The molecule has 0 aliphatic heterocycles. The number of anilines is 1. The topological polar surface area (TPSA) is 96.8 Å². The summed E-state index contributed by atoms with van der Waals surface area (Å²) in [4.78, 5) is 19.0. The summed E-state index contributed by atoms with van der Waals surface area (Å²) in [5.74, 6) is 0.518. The average Bonchev–Trinajstić information content (AvgIpc) is 3.37. The Balaban J connectivity index is 1.74. The van der Waals surface area contributed by atoms with Gasteiger partial charge in [0.1, 0.15) is 11.3 Å². The standard InChI is InChI=1S/C23H18N4O3S/c1-15-9-11-16(12-10-15)31(29,30)27-13-18(17-5-2-3-8-21(17)27)23-25-20-7-4-6-19(24-14-28)22(20)26-23/h2-14H,1H3,(H,24,28)(H,25,26). The van der Waals surface area contributed by atoms with Gasteiger partial charge in [0.2, 0.25) is 6.41 Å². The molecule has 3 aromatic carbocycles. The predicted molar refractivity (Wildman–Crippen MR) is 120 cm³/mol. The Labute approximate surface area is 178 Å². The van der Waals surface area contributed by atoms with Crippen molar-refractivity contribution in [1.29, 1.82) is 0 Å². The monoisotopic (exact) mass is 430 g/mol. The highest BCUT2D eigenvalue weighted by Crippen LogP contribution is 2.33. The van der Waals surface area contributed by atoms with E-state index in [4.69, 9.17) is 0 Å². The Bertz CT molecular complexity index is 1550. The second-order valence-electron chi connectivity index (χ2n) is 7.22. The number of amides is 1. The van der Waals surface area contributed by atoms with Crippen molar-refractivity contribution in [1.82, 2.24) is 13.9 Å². The number of H-pyrrole nitrogens is 1. The number of aryl methyl sites for hydroxylation is 1. The highest BCUT2D eigenvalue weighted by molar-refractivity contribution is 7.90. The highest BCUT2D eigenvalue weighted by atomic mass is 32.2. The molecule has 2 N–H and O–H groups in total. The highest BCUT2D eigenvalue weighted by Gasteiger charge is 2.23. The van der Waals surface area contributed by atoms with Gasteiger partial charge in [-0.15, -0.1) is 0 Å². The molecule has 0 fully saturated rings. The number of imidazole rings is 1. The summed E-state index contributed by atoms with van der Waals surface area (Å²) in [6, 6.07) is 19.5. The van der Waals surface area contributed by atoms with Crippen LogP contribution in [0, 0.1) is 6.92 Å². The molecule has 0 spiro atoms. The lowest BCUT2D eigenvalue weighted by Gasteiger charge is -2.07. The lowest BCUT2D eigenvalue weighted by atomic mass is 10.2. The van der Waals surface area contributed by atoms with Crippen LogP contribution in [0.5, 0.6) is 0 Å². The summed E-state index contributed by atoms with van der Waals surface area (Å²) in [5.41, 5.74) is 4.11. The Hall–Kier alpha value is -3.91. The fraction of sp³-hybridized carbons (Fsp3) is 0.0435. The quantitative estimate of drug-likeness (QED) is 0.406. The van der Waals surface area contributed by atoms with Crippen LogP contribution in [0.3, 0.4) is 0 Å². The first-order chi connectivity index (χ1) is 15.0. The van der Waals surface area contributed by atoms with Crippen LogP contribution in [0.25, 0.3) is 33.3 Å². The minimum absolute atomic E-state index is 0.215. The number of carbonyl (C=O) groups excluding carboxylic acids is 1. The number of aromatic amines is 1. The third-order valence-corrected chi connectivity index (χ3v) is 6.93. The normalized spacial score (nSPS) is 11.8. The maximum atomic E-state index is 13.4. The Morgan fingerprint density at radius 1 is 1.00 bits per heavy atom. The second-order valence-corrected chi connectivity index (χ2v) is 9.04. The number of para-hydroxylation sites is 2. The predicted octanol–water partition coefficient (Wildman–Crippen LogP) is 4.30. The molecule has 0 atom stereocenters. The zero-order chi connectivity index (χ0) is 21.6. The van der Waals surface area contributed by atoms with Gasteiger partial charge in [0.25, 0.3) is 10.0 Å². The van der Waals surface area contributed by atoms with Gasteiger partial charge >= 0.3 is 0 Å². The first-order valence-corrected chi connectivity index (χ1v) is 11.0. The Morgan fingerprint density at radius 3 is 2.55 bits per heavy atom. The number of carbonyl (C=O) groups is 1. The van der Waals surface area contributed by atoms with E-state index in [0.29, 0.717) is 34.5 Å². The van der Waals surface area contributed by atoms with Crippen LogP contribution in [-0.2, 0) is 14.8 Å². The van der Waals surface area contributed by atoms with Gasteiger partial charge in [-0.3, -0.25) is 4.79 Å². The Kier molecular flexibility index (Phi) is 4.37. The van der Waals surface area contributed by atoms with E-state index in [0.717, 1.165) is 16.5 Å². The smallest absolute Gasteiger partial charge is 0.268 e. The van der Waals surface area contributed by atoms with Crippen LogP contribution in [0.4, 0.5) is 5.69 Å². The van der Waals surface area contributed by atoms with E-state index in [2.05, 4.69) is 15.3 Å². The summed E-state index contributed by atoms with van der Waals surface area (Å²) in [6.07, 6.45) is 2.19. The number of nitrogens with zero attached hydrogens (tertiary/aromatic N) is 2. The molecule has 0 unspecified atom stereocenters. The molecule has 0 saturated carbocycles. The van der Waals surface area contributed by atoms with Gasteiger partial charge in [0.15, 0.2) is 0 Å². The molecule has 7 nitrogen and oxygen atoms in total. The number of nitrogens with one attached hydrogen (secondary N) is 2. The van der Waals surface area contributed by atoms with Crippen molar-refractivity contribution in [3.63, 3.8) is 0 Å². The van der Waals surface area contributed by atoms with Gasteiger partial charge in [-0.05, 0) is 37.3 Å². The lowest BCUT2D eigenvalue weighted by Crippen LogP contribution is -2.11. The molecule has 31 heavy (non-hydrogen) atoms. The zero-order valence-corrected chi connectivity index (χ0v) is 17.3. The molecule has 154 valence electrons. The first kappa shape index (κ1) is 19.1. The molecule has 0 radical (unpaired) electrons. The van der Waals surface area contributed by atoms with Crippen molar-refractivity contribution in [2.45, 2.75) is 11.8 Å². The largest absolute Gasteiger partial charge is 0.338 e. The minimum atomic E-state index is -3.80. The van der Waals surface area contributed by atoms with Gasteiger partial charge in [-0.1, -0.05) is 42.0 Å². The van der Waals surface area contributed by atoms with E-state index in [9.17, 15) is 13.2 Å². The molecule has 5 rings (SSSR count). The second kappa shape index (κ2) is 7.10. The first-order valence-electron chi connectivity index (χ1n) is 9.60. The fourth-order valence-corrected chi connectivity index (χ4v) is 5.07. The summed E-state index contributed by atoms with van der Waals surface area (Å²) >= 11 is 0. The van der Waals surface area contributed by atoms with Crippen LogP contribution in [0.2, 0.25) is 0 Å². The Morgan fingerprint density at radius 2 is 1.77 bits per heavy atom. The molecule has 5 aromatic rings. The summed E-state index contributed by atoms with van der Waals surface area (Å²) in [6.45, 7) is 1.91. The maximum Gasteiger partial charge on any atom is 0.268 e. The summed E-state index contributed by atoms with van der Waals surface area (Å²) < 4.78 is 28.1. The molecular weight excluding hydrogens is 412 g/mol. The number of hydrogen-bond acceptors (Lipinski definition) is 4. The molecule has 8 heteroatoms. The maximum absolute atomic E-state index is 13.4. The van der Waals surface area contributed by atoms with Crippen molar-refractivity contribution in [2.75, 3.05) is 5.32 Å². The van der Waals surface area contributed by atoms with Gasteiger partial charge in [-0.2, -0.15) is 0 Å². The van der Waals surface area contributed by atoms with Crippen molar-refractivity contribution in [3.8, 4) is 11.4 Å². The van der Waals surface area contributed by atoms with Crippen LogP contribution >= 0.6 is 0 Å². The third kappa shape index (κ3) is 3.08. The van der Waals surface area contributed by atoms with Crippen LogP contribution in [-0.4, -0.2) is 28.8 Å². The minimum Gasteiger partial charge on any atom is -0.338 e. The van der Waals surface area contributed by atoms with E-state index < -0.39 is 10.0 Å². The molecule has 0 saturated heterocycles. The molecule has 0 aliphatic carbocycles. The SMILES string of the molecule is Cc1ccc(S(=O)(=O)n2cc(-c3nc4c(NC=O)cccc4[nH]3)c3ccccc32)cc1.